The predicted molar refractivity (Wildman–Crippen MR) is 82.2 cm³/mol. The Morgan fingerprint density at radius 2 is 1.81 bits per heavy atom. The Hall–Kier alpha value is -1.65. The van der Waals surface area contributed by atoms with Gasteiger partial charge in [-0.2, -0.15) is 5.10 Å². The second-order valence-electron chi connectivity index (χ2n) is 7.16. The van der Waals surface area contributed by atoms with E-state index in [-0.39, 0.29) is 11.3 Å². The minimum absolute atomic E-state index is 0.0226. The van der Waals surface area contributed by atoms with Crippen molar-refractivity contribution in [2.75, 3.05) is 31.1 Å². The van der Waals surface area contributed by atoms with E-state index in [9.17, 15) is 4.79 Å². The molecule has 2 aliphatic heterocycles. The zero-order valence-electron chi connectivity index (χ0n) is 13.2. The summed E-state index contributed by atoms with van der Waals surface area (Å²) in [7, 11) is 0. The van der Waals surface area contributed by atoms with E-state index in [0.717, 1.165) is 50.5 Å². The summed E-state index contributed by atoms with van der Waals surface area (Å²) in [6, 6.07) is 4.06. The van der Waals surface area contributed by atoms with Crippen molar-refractivity contribution < 1.29 is 4.79 Å². The van der Waals surface area contributed by atoms with E-state index in [1.165, 1.54) is 0 Å². The lowest BCUT2D eigenvalue weighted by Crippen LogP contribution is -2.54. The highest BCUT2D eigenvalue weighted by molar-refractivity contribution is 5.82. The molecule has 3 rings (SSSR count). The number of rotatable bonds is 2. The summed E-state index contributed by atoms with van der Waals surface area (Å²) >= 11 is 0. The van der Waals surface area contributed by atoms with Crippen LogP contribution in [0.3, 0.4) is 0 Å². The molecule has 114 valence electrons. The van der Waals surface area contributed by atoms with Crippen LogP contribution in [0.5, 0.6) is 0 Å². The van der Waals surface area contributed by atoms with Gasteiger partial charge < -0.3 is 9.80 Å². The lowest BCUT2D eigenvalue weighted by molar-refractivity contribution is -0.135. The van der Waals surface area contributed by atoms with E-state index < -0.39 is 0 Å². The highest BCUT2D eigenvalue weighted by atomic mass is 16.2. The number of amides is 1. The van der Waals surface area contributed by atoms with Crippen LogP contribution in [0.1, 0.15) is 39.3 Å². The quantitative estimate of drug-likeness (QED) is 0.833. The molecule has 2 fully saturated rings. The summed E-state index contributed by atoms with van der Waals surface area (Å²) in [4.78, 5) is 16.4. The maximum absolute atomic E-state index is 12.3. The molecule has 5 nitrogen and oxygen atoms in total. The molecule has 1 aromatic rings. The van der Waals surface area contributed by atoms with Crippen molar-refractivity contribution in [1.29, 1.82) is 0 Å². The second-order valence-corrected chi connectivity index (χ2v) is 7.16. The summed E-state index contributed by atoms with van der Waals surface area (Å²) in [6.45, 7) is 9.82. The SMILES string of the molecule is CC(C)(C)c1ccc(N2CC(C(=O)N3CCCC3)C2)nn1. The summed E-state index contributed by atoms with van der Waals surface area (Å²) in [5.74, 6) is 1.35. The summed E-state index contributed by atoms with van der Waals surface area (Å²) in [5.41, 5.74) is 1.02. The Morgan fingerprint density at radius 3 is 2.33 bits per heavy atom. The van der Waals surface area contributed by atoms with Gasteiger partial charge in [0.1, 0.15) is 0 Å². The molecule has 0 unspecified atom stereocenters. The highest BCUT2D eigenvalue weighted by Crippen LogP contribution is 2.26. The third-order valence-corrected chi connectivity index (χ3v) is 4.39. The molecule has 21 heavy (non-hydrogen) atoms. The number of likely N-dealkylation sites (tertiary alicyclic amines) is 1. The van der Waals surface area contributed by atoms with Gasteiger partial charge in [-0.15, -0.1) is 5.10 Å². The first-order chi connectivity index (χ1) is 9.95. The van der Waals surface area contributed by atoms with Crippen molar-refractivity contribution in [3.05, 3.63) is 17.8 Å². The number of nitrogens with zero attached hydrogens (tertiary/aromatic N) is 4. The maximum atomic E-state index is 12.3. The monoisotopic (exact) mass is 288 g/mol. The molecule has 3 heterocycles. The van der Waals surface area contributed by atoms with Gasteiger partial charge in [-0.05, 0) is 25.0 Å². The van der Waals surface area contributed by atoms with Gasteiger partial charge in [0, 0.05) is 31.6 Å². The number of hydrogen-bond donors (Lipinski definition) is 0. The third-order valence-electron chi connectivity index (χ3n) is 4.39. The first kappa shape index (κ1) is 14.3. The number of carbonyl (C=O) groups is 1. The van der Waals surface area contributed by atoms with Crippen molar-refractivity contribution in [2.45, 2.75) is 39.0 Å². The predicted octanol–water partition coefficient (Wildman–Crippen LogP) is 1.83. The van der Waals surface area contributed by atoms with Crippen molar-refractivity contribution >= 4 is 11.7 Å². The highest BCUT2D eigenvalue weighted by Gasteiger charge is 2.36. The summed E-state index contributed by atoms with van der Waals surface area (Å²) in [6.07, 6.45) is 2.31. The van der Waals surface area contributed by atoms with Crippen LogP contribution in [-0.4, -0.2) is 47.2 Å². The molecule has 2 saturated heterocycles. The zero-order chi connectivity index (χ0) is 15.0. The Labute approximate surface area is 126 Å². The molecule has 5 heteroatoms. The van der Waals surface area contributed by atoms with Crippen LogP contribution in [0.2, 0.25) is 0 Å². The molecule has 0 spiro atoms. The van der Waals surface area contributed by atoms with Crippen molar-refractivity contribution in [3.63, 3.8) is 0 Å². The molecular formula is C16H24N4O. The number of anilines is 1. The van der Waals surface area contributed by atoms with Crippen LogP contribution < -0.4 is 4.90 Å². The van der Waals surface area contributed by atoms with Gasteiger partial charge in [-0.3, -0.25) is 4.79 Å². The molecule has 1 aromatic heterocycles. The van der Waals surface area contributed by atoms with Crippen molar-refractivity contribution in [1.82, 2.24) is 15.1 Å². The van der Waals surface area contributed by atoms with E-state index >= 15 is 0 Å². The topological polar surface area (TPSA) is 49.3 Å². The molecule has 0 atom stereocenters. The molecule has 0 radical (unpaired) electrons. The largest absolute Gasteiger partial charge is 0.353 e. The molecule has 0 N–H and O–H groups in total. The van der Waals surface area contributed by atoms with Crippen molar-refractivity contribution in [2.24, 2.45) is 5.92 Å². The molecular weight excluding hydrogens is 264 g/mol. The van der Waals surface area contributed by atoms with Crippen LogP contribution in [0.25, 0.3) is 0 Å². The average molecular weight is 288 g/mol. The van der Waals surface area contributed by atoms with Crippen molar-refractivity contribution in [3.8, 4) is 0 Å². The lowest BCUT2D eigenvalue weighted by atomic mass is 9.92. The van der Waals surface area contributed by atoms with E-state index in [1.54, 1.807) is 0 Å². The van der Waals surface area contributed by atoms with Gasteiger partial charge in [-0.1, -0.05) is 20.8 Å². The Kier molecular flexibility index (Phi) is 3.59. The van der Waals surface area contributed by atoms with E-state index in [2.05, 4.69) is 35.9 Å². The van der Waals surface area contributed by atoms with Crippen LogP contribution >= 0.6 is 0 Å². The number of aromatic nitrogens is 2. The smallest absolute Gasteiger partial charge is 0.229 e. The van der Waals surface area contributed by atoms with Gasteiger partial charge >= 0.3 is 0 Å². The minimum atomic E-state index is 0.0226. The number of hydrogen-bond acceptors (Lipinski definition) is 4. The van der Waals surface area contributed by atoms with E-state index in [0.29, 0.717) is 5.91 Å². The Bertz CT molecular complexity index is 508. The molecule has 0 saturated carbocycles. The van der Waals surface area contributed by atoms with Crippen LogP contribution in [0, 0.1) is 5.92 Å². The first-order valence-electron chi connectivity index (χ1n) is 7.83. The Morgan fingerprint density at radius 1 is 1.14 bits per heavy atom. The molecule has 0 bridgehead atoms. The standard InChI is InChI=1S/C16H24N4O/c1-16(2,3)13-6-7-14(18-17-13)20-10-12(11-20)15(21)19-8-4-5-9-19/h6-7,12H,4-5,8-11H2,1-3H3. The molecule has 2 aliphatic rings. The van der Waals surface area contributed by atoms with Gasteiger partial charge in [0.05, 0.1) is 11.6 Å². The second kappa shape index (κ2) is 5.28. The maximum Gasteiger partial charge on any atom is 0.229 e. The average Bonchev–Trinajstić information content (AvgIpc) is 2.90. The van der Waals surface area contributed by atoms with Crippen LogP contribution in [-0.2, 0) is 10.2 Å². The first-order valence-corrected chi connectivity index (χ1v) is 7.83. The summed E-state index contributed by atoms with van der Waals surface area (Å²) in [5, 5.41) is 8.62. The van der Waals surface area contributed by atoms with Crippen LogP contribution in [0.15, 0.2) is 12.1 Å². The molecule has 0 aromatic carbocycles. The third kappa shape index (κ3) is 2.87. The molecule has 1 amide bonds. The van der Waals surface area contributed by atoms with Gasteiger partial charge in [0.2, 0.25) is 5.91 Å². The molecule has 0 aliphatic carbocycles. The Balaban J connectivity index is 1.57. The summed E-state index contributed by atoms with van der Waals surface area (Å²) < 4.78 is 0. The zero-order valence-corrected chi connectivity index (χ0v) is 13.2. The van der Waals surface area contributed by atoms with Gasteiger partial charge in [0.25, 0.3) is 0 Å². The van der Waals surface area contributed by atoms with Gasteiger partial charge in [0.15, 0.2) is 5.82 Å². The fourth-order valence-electron chi connectivity index (χ4n) is 2.91. The normalized spacial score (nSPS) is 19.8. The van der Waals surface area contributed by atoms with E-state index in [1.807, 2.05) is 17.0 Å². The van der Waals surface area contributed by atoms with Crippen LogP contribution in [0.4, 0.5) is 5.82 Å². The van der Waals surface area contributed by atoms with E-state index in [4.69, 9.17) is 0 Å². The van der Waals surface area contributed by atoms with Gasteiger partial charge in [-0.25, -0.2) is 0 Å². The lowest BCUT2D eigenvalue weighted by Gasteiger charge is -2.40. The fourth-order valence-corrected chi connectivity index (χ4v) is 2.91. The minimum Gasteiger partial charge on any atom is -0.353 e. The fraction of sp³-hybridized carbons (Fsp3) is 0.688. The number of carbonyl (C=O) groups excluding carboxylic acids is 1.